The van der Waals surface area contributed by atoms with Crippen LogP contribution in [0.1, 0.15) is 24.3 Å². The van der Waals surface area contributed by atoms with Gasteiger partial charge in [-0.3, -0.25) is 0 Å². The van der Waals surface area contributed by atoms with Gasteiger partial charge in [0.05, 0.1) is 12.0 Å². The second kappa shape index (κ2) is 5.85. The summed E-state index contributed by atoms with van der Waals surface area (Å²) in [7, 11) is 0. The minimum Gasteiger partial charge on any atom is -0.477 e. The van der Waals surface area contributed by atoms with Gasteiger partial charge in [-0.05, 0) is 26.0 Å². The number of carboxylic acids is 1. The summed E-state index contributed by atoms with van der Waals surface area (Å²) in [6, 6.07) is 5.44. The summed E-state index contributed by atoms with van der Waals surface area (Å²) >= 11 is 0. The molecule has 17 heavy (non-hydrogen) atoms. The van der Waals surface area contributed by atoms with Crippen molar-refractivity contribution in [1.29, 1.82) is 5.26 Å². The van der Waals surface area contributed by atoms with Crippen molar-refractivity contribution in [2.24, 2.45) is 5.92 Å². The van der Waals surface area contributed by atoms with Crippen LogP contribution < -0.4 is 4.90 Å². The van der Waals surface area contributed by atoms with Crippen molar-refractivity contribution in [3.05, 3.63) is 24.0 Å². The number of rotatable bonds is 5. The van der Waals surface area contributed by atoms with Crippen molar-refractivity contribution >= 4 is 11.7 Å². The molecular formula is C12H15N3O2. The standard InChI is InChI=1S/C12H15N3O2/c1-3-15(8-9(2)7-13)10-4-5-14-11(6-10)12(16)17/h4-6,9H,3,8H2,1-2H3,(H,16,17). The van der Waals surface area contributed by atoms with Crippen LogP contribution in [-0.2, 0) is 0 Å². The van der Waals surface area contributed by atoms with Gasteiger partial charge in [0.1, 0.15) is 5.69 Å². The first kappa shape index (κ1) is 13.0. The van der Waals surface area contributed by atoms with E-state index in [0.29, 0.717) is 6.54 Å². The Hall–Kier alpha value is -2.09. The second-order valence-electron chi connectivity index (χ2n) is 3.77. The Balaban J connectivity index is 2.92. The fourth-order valence-corrected chi connectivity index (χ4v) is 1.52. The topological polar surface area (TPSA) is 77.2 Å². The summed E-state index contributed by atoms with van der Waals surface area (Å²) in [5, 5.41) is 17.6. The zero-order valence-electron chi connectivity index (χ0n) is 9.92. The fraction of sp³-hybridized carbons (Fsp3) is 0.417. The molecule has 5 heteroatoms. The zero-order valence-corrected chi connectivity index (χ0v) is 9.92. The SMILES string of the molecule is CCN(CC(C)C#N)c1ccnc(C(=O)O)c1. The quantitative estimate of drug-likeness (QED) is 0.838. The fourth-order valence-electron chi connectivity index (χ4n) is 1.52. The first-order valence-electron chi connectivity index (χ1n) is 5.42. The zero-order chi connectivity index (χ0) is 12.8. The van der Waals surface area contributed by atoms with Crippen molar-refractivity contribution in [1.82, 2.24) is 4.98 Å². The highest BCUT2D eigenvalue weighted by molar-refractivity contribution is 5.86. The summed E-state index contributed by atoms with van der Waals surface area (Å²) in [5.74, 6) is -1.15. The molecule has 1 heterocycles. The lowest BCUT2D eigenvalue weighted by atomic mass is 10.2. The number of nitriles is 1. The monoisotopic (exact) mass is 233 g/mol. The van der Waals surface area contributed by atoms with Gasteiger partial charge in [0.2, 0.25) is 0 Å². The lowest BCUT2D eigenvalue weighted by Gasteiger charge is -2.24. The number of hydrogen-bond donors (Lipinski definition) is 1. The summed E-state index contributed by atoms with van der Waals surface area (Å²) in [4.78, 5) is 16.5. The predicted molar refractivity (Wildman–Crippen MR) is 63.9 cm³/mol. The summed E-state index contributed by atoms with van der Waals surface area (Å²) < 4.78 is 0. The predicted octanol–water partition coefficient (Wildman–Crippen LogP) is 1.77. The highest BCUT2D eigenvalue weighted by Crippen LogP contribution is 2.16. The van der Waals surface area contributed by atoms with Gasteiger partial charge in [-0.2, -0.15) is 5.26 Å². The Morgan fingerprint density at radius 1 is 1.71 bits per heavy atom. The van der Waals surface area contributed by atoms with E-state index in [4.69, 9.17) is 10.4 Å². The molecule has 0 fully saturated rings. The lowest BCUT2D eigenvalue weighted by molar-refractivity contribution is 0.0690. The Bertz CT molecular complexity index is 440. The van der Waals surface area contributed by atoms with Gasteiger partial charge in [-0.1, -0.05) is 0 Å². The molecule has 1 aromatic heterocycles. The van der Waals surface area contributed by atoms with E-state index < -0.39 is 5.97 Å². The van der Waals surface area contributed by atoms with Crippen LogP contribution in [0.4, 0.5) is 5.69 Å². The number of aromatic carboxylic acids is 1. The molecule has 0 aliphatic rings. The third kappa shape index (κ3) is 3.45. The first-order chi connectivity index (χ1) is 8.08. The van der Waals surface area contributed by atoms with Gasteiger partial charge in [0, 0.05) is 25.0 Å². The first-order valence-corrected chi connectivity index (χ1v) is 5.42. The average Bonchev–Trinajstić information content (AvgIpc) is 2.35. The number of carboxylic acid groups (broad SMARTS) is 1. The molecule has 1 aromatic rings. The lowest BCUT2D eigenvalue weighted by Crippen LogP contribution is -2.28. The summed E-state index contributed by atoms with van der Waals surface area (Å²) in [6.45, 7) is 5.10. The van der Waals surface area contributed by atoms with E-state index in [1.54, 1.807) is 6.07 Å². The molecule has 1 N–H and O–H groups in total. The molecule has 5 nitrogen and oxygen atoms in total. The Morgan fingerprint density at radius 3 is 2.94 bits per heavy atom. The maximum absolute atomic E-state index is 10.8. The molecule has 0 spiro atoms. The van der Waals surface area contributed by atoms with Crippen LogP contribution in [0.5, 0.6) is 0 Å². The van der Waals surface area contributed by atoms with Crippen LogP contribution in [0.2, 0.25) is 0 Å². The van der Waals surface area contributed by atoms with Gasteiger partial charge in [0.25, 0.3) is 0 Å². The number of carbonyl (C=O) groups is 1. The van der Waals surface area contributed by atoms with E-state index in [2.05, 4.69) is 11.1 Å². The molecule has 0 saturated carbocycles. The third-order valence-corrected chi connectivity index (χ3v) is 2.42. The van der Waals surface area contributed by atoms with Gasteiger partial charge in [-0.15, -0.1) is 0 Å². The van der Waals surface area contributed by atoms with Crippen LogP contribution >= 0.6 is 0 Å². The van der Waals surface area contributed by atoms with E-state index in [0.717, 1.165) is 12.2 Å². The molecule has 0 aliphatic carbocycles. The van der Waals surface area contributed by atoms with Gasteiger partial charge in [-0.25, -0.2) is 9.78 Å². The molecule has 0 saturated heterocycles. The van der Waals surface area contributed by atoms with E-state index in [1.807, 2.05) is 18.7 Å². The highest BCUT2D eigenvalue weighted by atomic mass is 16.4. The number of pyridine rings is 1. The molecule has 1 unspecified atom stereocenters. The van der Waals surface area contributed by atoms with Gasteiger partial charge in [0.15, 0.2) is 0 Å². The molecule has 1 atom stereocenters. The van der Waals surface area contributed by atoms with Crippen LogP contribution in [0.3, 0.4) is 0 Å². The molecule has 0 radical (unpaired) electrons. The van der Waals surface area contributed by atoms with Crippen LogP contribution in [0.15, 0.2) is 18.3 Å². The Kier molecular flexibility index (Phi) is 4.46. The highest BCUT2D eigenvalue weighted by Gasteiger charge is 2.11. The van der Waals surface area contributed by atoms with Crippen molar-refractivity contribution in [3.8, 4) is 6.07 Å². The number of nitrogens with zero attached hydrogens (tertiary/aromatic N) is 3. The minimum atomic E-state index is -1.05. The molecule has 1 rings (SSSR count). The smallest absolute Gasteiger partial charge is 0.354 e. The van der Waals surface area contributed by atoms with E-state index in [9.17, 15) is 4.79 Å². The van der Waals surface area contributed by atoms with Crippen molar-refractivity contribution in [3.63, 3.8) is 0 Å². The number of anilines is 1. The Labute approximate surface area is 100 Å². The van der Waals surface area contributed by atoms with Crippen LogP contribution in [0, 0.1) is 17.2 Å². The molecule has 0 bridgehead atoms. The molecular weight excluding hydrogens is 218 g/mol. The summed E-state index contributed by atoms with van der Waals surface area (Å²) in [5.41, 5.74) is 0.799. The largest absolute Gasteiger partial charge is 0.477 e. The van der Waals surface area contributed by atoms with E-state index in [1.165, 1.54) is 12.3 Å². The number of aromatic nitrogens is 1. The molecule has 0 aliphatic heterocycles. The Morgan fingerprint density at radius 2 is 2.41 bits per heavy atom. The maximum Gasteiger partial charge on any atom is 0.354 e. The average molecular weight is 233 g/mol. The normalized spacial score (nSPS) is 11.6. The molecule has 0 amide bonds. The molecule has 90 valence electrons. The van der Waals surface area contributed by atoms with Crippen LogP contribution in [0.25, 0.3) is 0 Å². The second-order valence-corrected chi connectivity index (χ2v) is 3.77. The van der Waals surface area contributed by atoms with E-state index >= 15 is 0 Å². The van der Waals surface area contributed by atoms with Crippen molar-refractivity contribution < 1.29 is 9.90 Å². The van der Waals surface area contributed by atoms with Gasteiger partial charge >= 0.3 is 5.97 Å². The maximum atomic E-state index is 10.8. The van der Waals surface area contributed by atoms with Crippen molar-refractivity contribution in [2.45, 2.75) is 13.8 Å². The number of hydrogen-bond acceptors (Lipinski definition) is 4. The summed E-state index contributed by atoms with van der Waals surface area (Å²) in [6.07, 6.45) is 1.47. The third-order valence-electron chi connectivity index (χ3n) is 2.42. The minimum absolute atomic E-state index is 0.0190. The molecule has 0 aromatic carbocycles. The van der Waals surface area contributed by atoms with Gasteiger partial charge < -0.3 is 10.0 Å². The van der Waals surface area contributed by atoms with Crippen LogP contribution in [-0.4, -0.2) is 29.1 Å². The van der Waals surface area contributed by atoms with E-state index in [-0.39, 0.29) is 11.6 Å². The van der Waals surface area contributed by atoms with Crippen molar-refractivity contribution in [2.75, 3.05) is 18.0 Å².